The van der Waals surface area contributed by atoms with Gasteiger partial charge >= 0.3 is 0 Å². The minimum Gasteiger partial charge on any atom is -0.457 e. The van der Waals surface area contributed by atoms with E-state index in [-0.39, 0.29) is 23.7 Å². The van der Waals surface area contributed by atoms with Crippen molar-refractivity contribution in [3.8, 4) is 11.5 Å². The molecule has 0 N–H and O–H groups in total. The van der Waals surface area contributed by atoms with Crippen molar-refractivity contribution >= 4 is 17.5 Å². The van der Waals surface area contributed by atoms with E-state index in [1.54, 1.807) is 0 Å². The van der Waals surface area contributed by atoms with Crippen LogP contribution in [-0.4, -0.2) is 11.8 Å². The van der Waals surface area contributed by atoms with Gasteiger partial charge in [-0.25, -0.2) is 0 Å². The third kappa shape index (κ3) is 2.21. The normalized spacial score (nSPS) is 29.3. The van der Waals surface area contributed by atoms with E-state index >= 15 is 0 Å². The molecule has 3 fully saturated rings. The van der Waals surface area contributed by atoms with Crippen LogP contribution in [0.2, 0.25) is 0 Å². The molecule has 1 heterocycles. The molecule has 2 saturated carbocycles. The SMILES string of the molecule is Cc1ccccc1Oc1ccc(N2C(=O)[C@@H]3[C@H]4CC[C@@H](C4)[C@@H]3C2=O)cc1. The summed E-state index contributed by atoms with van der Waals surface area (Å²) in [5.74, 6) is 2.17. The Kier molecular flexibility index (Phi) is 3.42. The van der Waals surface area contributed by atoms with E-state index in [4.69, 9.17) is 4.74 Å². The molecule has 1 saturated heterocycles. The minimum atomic E-state index is -0.0795. The Balaban J connectivity index is 1.39. The lowest BCUT2D eigenvalue weighted by atomic mass is 9.81. The van der Waals surface area contributed by atoms with Crippen LogP contribution >= 0.6 is 0 Å². The van der Waals surface area contributed by atoms with Gasteiger partial charge in [0.25, 0.3) is 0 Å². The number of hydrogen-bond acceptors (Lipinski definition) is 3. The molecule has 5 rings (SSSR count). The highest BCUT2D eigenvalue weighted by molar-refractivity contribution is 6.22. The summed E-state index contributed by atoms with van der Waals surface area (Å²) < 4.78 is 5.91. The number of ether oxygens (including phenoxy) is 1. The van der Waals surface area contributed by atoms with Gasteiger partial charge in [0.2, 0.25) is 11.8 Å². The van der Waals surface area contributed by atoms with Gasteiger partial charge in [-0.2, -0.15) is 0 Å². The lowest BCUT2D eigenvalue weighted by molar-refractivity contribution is -0.123. The third-order valence-electron chi connectivity index (χ3n) is 6.34. The molecular formula is C22H21NO3. The van der Waals surface area contributed by atoms with Crippen molar-refractivity contribution < 1.29 is 14.3 Å². The van der Waals surface area contributed by atoms with E-state index in [2.05, 4.69) is 0 Å². The molecule has 2 aromatic rings. The van der Waals surface area contributed by atoms with E-state index in [0.717, 1.165) is 30.6 Å². The molecule has 0 spiro atoms. The Morgan fingerprint density at radius 1 is 0.885 bits per heavy atom. The van der Waals surface area contributed by atoms with Crippen molar-refractivity contribution in [2.24, 2.45) is 23.7 Å². The molecule has 2 bridgehead atoms. The van der Waals surface area contributed by atoms with Crippen LogP contribution in [0, 0.1) is 30.6 Å². The zero-order valence-electron chi connectivity index (χ0n) is 14.7. The maximum absolute atomic E-state index is 12.9. The van der Waals surface area contributed by atoms with Crippen LogP contribution in [0.3, 0.4) is 0 Å². The van der Waals surface area contributed by atoms with Gasteiger partial charge in [0.05, 0.1) is 17.5 Å². The van der Waals surface area contributed by atoms with Gasteiger partial charge in [0.1, 0.15) is 11.5 Å². The molecule has 26 heavy (non-hydrogen) atoms. The number of carbonyl (C=O) groups is 2. The lowest BCUT2D eigenvalue weighted by Crippen LogP contribution is -2.32. The topological polar surface area (TPSA) is 46.6 Å². The Morgan fingerprint density at radius 3 is 2.12 bits per heavy atom. The fraction of sp³-hybridized carbons (Fsp3) is 0.364. The highest BCUT2D eigenvalue weighted by Gasteiger charge is 2.61. The van der Waals surface area contributed by atoms with Crippen LogP contribution in [0.4, 0.5) is 5.69 Å². The molecule has 0 unspecified atom stereocenters. The number of carbonyl (C=O) groups excluding carboxylic acids is 2. The average molecular weight is 347 g/mol. The van der Waals surface area contributed by atoms with Crippen LogP contribution in [0.15, 0.2) is 48.5 Å². The summed E-state index contributed by atoms with van der Waals surface area (Å²) in [4.78, 5) is 27.2. The fourth-order valence-electron chi connectivity index (χ4n) is 5.12. The number of anilines is 1. The molecule has 2 amide bonds. The molecule has 4 nitrogen and oxygen atoms in total. The van der Waals surface area contributed by atoms with Crippen molar-refractivity contribution in [1.29, 1.82) is 0 Å². The maximum atomic E-state index is 12.9. The standard InChI is InChI=1S/C22H21NO3/c1-13-4-2-3-5-18(13)26-17-10-8-16(9-11-17)23-21(24)19-14-6-7-15(12-14)20(19)22(23)25/h2-5,8-11,14-15,19-20H,6-7,12H2,1H3/t14-,15-,19-,20+/m0/s1. The smallest absolute Gasteiger partial charge is 0.237 e. The molecule has 4 heteroatoms. The first-order valence-electron chi connectivity index (χ1n) is 9.35. The van der Waals surface area contributed by atoms with Crippen molar-refractivity contribution in [3.05, 3.63) is 54.1 Å². The molecule has 0 aromatic heterocycles. The summed E-state index contributed by atoms with van der Waals surface area (Å²) in [7, 11) is 0. The molecule has 3 aliphatic rings. The van der Waals surface area contributed by atoms with Gasteiger partial charge in [-0.1, -0.05) is 18.2 Å². The number of aryl methyl sites for hydroxylation is 1. The Bertz CT molecular complexity index is 861. The number of benzene rings is 2. The average Bonchev–Trinajstić information content (AvgIpc) is 3.32. The van der Waals surface area contributed by atoms with E-state index in [9.17, 15) is 9.59 Å². The molecule has 4 atom stereocenters. The van der Waals surface area contributed by atoms with E-state index in [1.807, 2.05) is 55.5 Å². The van der Waals surface area contributed by atoms with Crippen LogP contribution in [0.25, 0.3) is 0 Å². The van der Waals surface area contributed by atoms with Gasteiger partial charge in [-0.15, -0.1) is 0 Å². The zero-order valence-corrected chi connectivity index (χ0v) is 14.7. The zero-order chi connectivity index (χ0) is 17.8. The number of hydrogen-bond donors (Lipinski definition) is 0. The number of imide groups is 1. The summed E-state index contributed by atoms with van der Waals surface area (Å²) in [6, 6.07) is 15.1. The highest BCUT2D eigenvalue weighted by atomic mass is 16.5. The summed E-state index contributed by atoms with van der Waals surface area (Å²) >= 11 is 0. The second-order valence-corrected chi connectivity index (χ2v) is 7.76. The summed E-state index contributed by atoms with van der Waals surface area (Å²) in [6.07, 6.45) is 3.26. The van der Waals surface area contributed by atoms with E-state index in [0.29, 0.717) is 23.3 Å². The number of rotatable bonds is 3. The number of fused-ring (bicyclic) bond motifs is 5. The lowest BCUT2D eigenvalue weighted by Gasteiger charge is -2.19. The molecule has 0 radical (unpaired) electrons. The van der Waals surface area contributed by atoms with Gasteiger partial charge in [0, 0.05) is 0 Å². The predicted octanol–water partition coefficient (Wildman–Crippen LogP) is 4.32. The summed E-state index contributed by atoms with van der Waals surface area (Å²) in [5.41, 5.74) is 1.72. The van der Waals surface area contributed by atoms with Crippen molar-refractivity contribution in [3.63, 3.8) is 0 Å². The number of para-hydroxylation sites is 1. The first-order chi connectivity index (χ1) is 12.6. The van der Waals surface area contributed by atoms with E-state index in [1.165, 1.54) is 4.90 Å². The highest BCUT2D eigenvalue weighted by Crippen LogP contribution is 2.56. The van der Waals surface area contributed by atoms with E-state index < -0.39 is 0 Å². The van der Waals surface area contributed by atoms with Gasteiger partial charge < -0.3 is 4.74 Å². The molecule has 2 aliphatic carbocycles. The summed E-state index contributed by atoms with van der Waals surface area (Å²) in [5, 5.41) is 0. The third-order valence-corrected chi connectivity index (χ3v) is 6.34. The molecular weight excluding hydrogens is 326 g/mol. The number of nitrogens with zero attached hydrogens (tertiary/aromatic N) is 1. The Morgan fingerprint density at radius 2 is 1.50 bits per heavy atom. The monoisotopic (exact) mass is 347 g/mol. The molecule has 132 valence electrons. The van der Waals surface area contributed by atoms with Crippen LogP contribution < -0.4 is 9.64 Å². The first-order valence-corrected chi connectivity index (χ1v) is 9.35. The quantitative estimate of drug-likeness (QED) is 0.777. The molecule has 1 aliphatic heterocycles. The van der Waals surface area contributed by atoms with Crippen LogP contribution in [-0.2, 0) is 9.59 Å². The van der Waals surface area contributed by atoms with Crippen LogP contribution in [0.5, 0.6) is 11.5 Å². The number of amides is 2. The van der Waals surface area contributed by atoms with Crippen molar-refractivity contribution in [2.75, 3.05) is 4.90 Å². The predicted molar refractivity (Wildman–Crippen MR) is 98.0 cm³/mol. The van der Waals surface area contributed by atoms with Gasteiger partial charge in [0.15, 0.2) is 0 Å². The maximum Gasteiger partial charge on any atom is 0.237 e. The molecule has 2 aromatic carbocycles. The second-order valence-electron chi connectivity index (χ2n) is 7.76. The fourth-order valence-corrected chi connectivity index (χ4v) is 5.12. The van der Waals surface area contributed by atoms with Crippen molar-refractivity contribution in [2.45, 2.75) is 26.2 Å². The van der Waals surface area contributed by atoms with Gasteiger partial charge in [-0.05, 0) is 73.9 Å². The Hall–Kier alpha value is -2.62. The summed E-state index contributed by atoms with van der Waals surface area (Å²) in [6.45, 7) is 2.00. The Labute approximate surface area is 152 Å². The van der Waals surface area contributed by atoms with Crippen molar-refractivity contribution in [1.82, 2.24) is 0 Å². The first kappa shape index (κ1) is 15.6. The second kappa shape index (κ2) is 5.70. The largest absolute Gasteiger partial charge is 0.457 e. The van der Waals surface area contributed by atoms with Crippen LogP contribution in [0.1, 0.15) is 24.8 Å². The minimum absolute atomic E-state index is 0.000211. The van der Waals surface area contributed by atoms with Gasteiger partial charge in [-0.3, -0.25) is 14.5 Å².